The van der Waals surface area contributed by atoms with Crippen LogP contribution in [-0.2, 0) is 0 Å². The second-order valence-corrected chi connectivity index (χ2v) is 5.42. The molecule has 0 aromatic rings. The van der Waals surface area contributed by atoms with E-state index >= 15 is 0 Å². The van der Waals surface area contributed by atoms with Gasteiger partial charge in [-0.3, -0.25) is 0 Å². The lowest BCUT2D eigenvalue weighted by atomic mass is 9.79. The molecule has 1 atom stereocenters. The number of hydrogen-bond donors (Lipinski definition) is 0. The molecule has 0 nitrogen and oxygen atoms in total. The van der Waals surface area contributed by atoms with Crippen molar-refractivity contribution in [3.05, 3.63) is 6.42 Å². The van der Waals surface area contributed by atoms with Crippen molar-refractivity contribution in [3.63, 3.8) is 0 Å². The standard InChI is InChI=1S/C12H25/c1-10(2)8-7-9-11(3)12(4,5)6/h7,10-11H,8-9H2,1-6H3. The average molecular weight is 169 g/mol. The summed E-state index contributed by atoms with van der Waals surface area (Å²) in [6.45, 7) is 13.9. The summed E-state index contributed by atoms with van der Waals surface area (Å²) in [5, 5.41) is 0. The Labute approximate surface area is 78.8 Å². The third kappa shape index (κ3) is 5.62. The average Bonchev–Trinajstić information content (AvgIpc) is 1.84. The third-order valence-corrected chi connectivity index (χ3v) is 2.64. The Bertz CT molecular complexity index is 106. The molecule has 73 valence electrons. The van der Waals surface area contributed by atoms with Crippen molar-refractivity contribution < 1.29 is 0 Å². The molecule has 0 aromatic heterocycles. The van der Waals surface area contributed by atoms with Crippen LogP contribution in [0.25, 0.3) is 0 Å². The van der Waals surface area contributed by atoms with E-state index in [4.69, 9.17) is 0 Å². The lowest BCUT2D eigenvalue weighted by molar-refractivity contribution is 0.255. The summed E-state index contributed by atoms with van der Waals surface area (Å²) in [5.41, 5.74) is 0.466. The molecule has 0 heterocycles. The Hall–Kier alpha value is 0. The van der Waals surface area contributed by atoms with Crippen molar-refractivity contribution in [2.45, 2.75) is 54.4 Å². The third-order valence-electron chi connectivity index (χ3n) is 2.64. The Morgan fingerprint density at radius 3 is 1.83 bits per heavy atom. The Morgan fingerprint density at radius 1 is 1.00 bits per heavy atom. The van der Waals surface area contributed by atoms with Crippen LogP contribution in [0.2, 0.25) is 0 Å². The van der Waals surface area contributed by atoms with Gasteiger partial charge in [-0.1, -0.05) is 41.5 Å². The van der Waals surface area contributed by atoms with Crippen LogP contribution in [0.1, 0.15) is 54.4 Å². The molecule has 12 heavy (non-hydrogen) atoms. The molecule has 0 aromatic carbocycles. The van der Waals surface area contributed by atoms with Gasteiger partial charge in [-0.15, -0.1) is 0 Å². The molecule has 0 aliphatic rings. The zero-order valence-corrected chi connectivity index (χ0v) is 9.65. The van der Waals surface area contributed by atoms with E-state index in [1.165, 1.54) is 12.8 Å². The topological polar surface area (TPSA) is 0 Å². The maximum Gasteiger partial charge on any atom is -0.0357 e. The summed E-state index contributed by atoms with van der Waals surface area (Å²) in [6.07, 6.45) is 4.97. The molecule has 0 aliphatic carbocycles. The smallest absolute Gasteiger partial charge is 0.0357 e. The van der Waals surface area contributed by atoms with Gasteiger partial charge in [0, 0.05) is 0 Å². The minimum atomic E-state index is 0.466. The molecule has 0 saturated heterocycles. The Morgan fingerprint density at radius 2 is 1.50 bits per heavy atom. The molecule has 0 aliphatic heterocycles. The van der Waals surface area contributed by atoms with Gasteiger partial charge >= 0.3 is 0 Å². The first-order chi connectivity index (χ1) is 5.34. The van der Waals surface area contributed by atoms with Gasteiger partial charge in [0.25, 0.3) is 0 Å². The predicted octanol–water partition coefficient (Wildman–Crippen LogP) is 4.31. The summed E-state index contributed by atoms with van der Waals surface area (Å²) in [7, 11) is 0. The van der Waals surface area contributed by atoms with Crippen molar-refractivity contribution in [2.24, 2.45) is 17.3 Å². The van der Waals surface area contributed by atoms with Gasteiger partial charge in [-0.05, 0) is 36.5 Å². The van der Waals surface area contributed by atoms with Gasteiger partial charge in [0.05, 0.1) is 0 Å². The normalized spacial score (nSPS) is 15.2. The van der Waals surface area contributed by atoms with E-state index in [2.05, 4.69) is 48.0 Å². The lowest BCUT2D eigenvalue weighted by Crippen LogP contribution is -2.17. The Balaban J connectivity index is 3.51. The fraction of sp³-hybridized carbons (Fsp3) is 0.917. The first-order valence-corrected chi connectivity index (χ1v) is 5.15. The van der Waals surface area contributed by atoms with E-state index in [0.717, 1.165) is 11.8 Å². The van der Waals surface area contributed by atoms with E-state index in [0.29, 0.717) is 5.41 Å². The van der Waals surface area contributed by atoms with Crippen LogP contribution in [0, 0.1) is 23.7 Å². The van der Waals surface area contributed by atoms with Gasteiger partial charge in [0.1, 0.15) is 0 Å². The van der Waals surface area contributed by atoms with Crippen molar-refractivity contribution in [3.8, 4) is 0 Å². The van der Waals surface area contributed by atoms with E-state index in [9.17, 15) is 0 Å². The van der Waals surface area contributed by atoms with Crippen LogP contribution >= 0.6 is 0 Å². The maximum absolute atomic E-state index is 2.45. The summed E-state index contributed by atoms with van der Waals surface area (Å²) < 4.78 is 0. The largest absolute Gasteiger partial charge is 0.0628 e. The molecule has 0 bridgehead atoms. The van der Waals surface area contributed by atoms with E-state index in [1.807, 2.05) is 0 Å². The highest BCUT2D eigenvalue weighted by molar-refractivity contribution is 4.77. The lowest BCUT2D eigenvalue weighted by Gasteiger charge is -2.27. The first-order valence-electron chi connectivity index (χ1n) is 5.15. The highest BCUT2D eigenvalue weighted by Gasteiger charge is 2.19. The van der Waals surface area contributed by atoms with E-state index < -0.39 is 0 Å². The van der Waals surface area contributed by atoms with Crippen LogP contribution in [0.15, 0.2) is 0 Å². The van der Waals surface area contributed by atoms with Gasteiger partial charge in [0.15, 0.2) is 0 Å². The summed E-state index contributed by atoms with van der Waals surface area (Å²) in [4.78, 5) is 0. The van der Waals surface area contributed by atoms with Gasteiger partial charge in [-0.2, -0.15) is 0 Å². The van der Waals surface area contributed by atoms with Crippen molar-refractivity contribution in [1.29, 1.82) is 0 Å². The predicted molar refractivity (Wildman–Crippen MR) is 57.0 cm³/mol. The Kier molecular flexibility index (Phi) is 4.89. The number of rotatable bonds is 4. The maximum atomic E-state index is 2.45. The second-order valence-electron chi connectivity index (χ2n) is 5.42. The zero-order chi connectivity index (χ0) is 9.78. The van der Waals surface area contributed by atoms with Gasteiger partial charge in [-0.25, -0.2) is 0 Å². The minimum Gasteiger partial charge on any atom is -0.0628 e. The molecule has 0 amide bonds. The highest BCUT2D eigenvalue weighted by Crippen LogP contribution is 2.29. The second kappa shape index (κ2) is 4.89. The molecule has 0 rings (SSSR count). The zero-order valence-electron chi connectivity index (χ0n) is 9.65. The monoisotopic (exact) mass is 169 g/mol. The van der Waals surface area contributed by atoms with Crippen LogP contribution in [0.3, 0.4) is 0 Å². The summed E-state index contributed by atoms with van der Waals surface area (Å²) in [5.74, 6) is 1.62. The fourth-order valence-electron chi connectivity index (χ4n) is 1.03. The molecule has 0 N–H and O–H groups in total. The molecule has 0 heteroatoms. The molecule has 1 unspecified atom stereocenters. The molecular formula is C12H25. The van der Waals surface area contributed by atoms with Gasteiger partial charge < -0.3 is 0 Å². The summed E-state index contributed by atoms with van der Waals surface area (Å²) in [6, 6.07) is 0. The number of hydrogen-bond acceptors (Lipinski definition) is 0. The van der Waals surface area contributed by atoms with E-state index in [1.54, 1.807) is 0 Å². The molecule has 0 spiro atoms. The van der Waals surface area contributed by atoms with Crippen molar-refractivity contribution >= 4 is 0 Å². The first kappa shape index (κ1) is 12.0. The quantitative estimate of drug-likeness (QED) is 0.588. The minimum absolute atomic E-state index is 0.466. The van der Waals surface area contributed by atoms with Crippen LogP contribution in [0.4, 0.5) is 0 Å². The van der Waals surface area contributed by atoms with Crippen molar-refractivity contribution in [2.75, 3.05) is 0 Å². The summed E-state index contributed by atoms with van der Waals surface area (Å²) >= 11 is 0. The molecule has 0 fully saturated rings. The highest BCUT2D eigenvalue weighted by atomic mass is 14.2. The SMILES string of the molecule is CC(C)C[CH]CC(C)C(C)(C)C. The molecule has 0 saturated carbocycles. The van der Waals surface area contributed by atoms with Crippen LogP contribution in [0.5, 0.6) is 0 Å². The fourth-order valence-corrected chi connectivity index (χ4v) is 1.03. The van der Waals surface area contributed by atoms with E-state index in [-0.39, 0.29) is 0 Å². The molecule has 1 radical (unpaired) electrons. The van der Waals surface area contributed by atoms with Crippen LogP contribution in [-0.4, -0.2) is 0 Å². The van der Waals surface area contributed by atoms with Crippen molar-refractivity contribution in [1.82, 2.24) is 0 Å². The van der Waals surface area contributed by atoms with Crippen LogP contribution < -0.4 is 0 Å². The van der Waals surface area contributed by atoms with Gasteiger partial charge in [0.2, 0.25) is 0 Å². The molecular weight excluding hydrogens is 144 g/mol.